The van der Waals surface area contributed by atoms with Gasteiger partial charge < -0.3 is 79.4 Å². The summed E-state index contributed by atoms with van der Waals surface area (Å²) in [4.78, 5) is 27.0. The van der Waals surface area contributed by atoms with Crippen molar-refractivity contribution in [1.82, 2.24) is 0 Å². The van der Waals surface area contributed by atoms with Crippen molar-refractivity contribution in [2.24, 2.45) is 50.2 Å². The van der Waals surface area contributed by atoms with Crippen molar-refractivity contribution in [2.45, 2.75) is 178 Å². The van der Waals surface area contributed by atoms with Crippen LogP contribution in [-0.4, -0.2) is 165 Å². The second kappa shape index (κ2) is 16.6. The number of hydrogen-bond acceptors (Lipinski definition) is 17. The first kappa shape index (κ1) is 48.7. The zero-order valence-electron chi connectivity index (χ0n) is 39.2. The molecule has 5 saturated carbocycles. The van der Waals surface area contributed by atoms with Crippen LogP contribution in [0.15, 0.2) is 24.3 Å². The van der Waals surface area contributed by atoms with Crippen molar-refractivity contribution in [1.29, 1.82) is 0 Å². The van der Waals surface area contributed by atoms with Crippen molar-refractivity contribution in [3.05, 3.63) is 29.8 Å². The van der Waals surface area contributed by atoms with Gasteiger partial charge in [0, 0.05) is 34.9 Å². The van der Waals surface area contributed by atoms with E-state index in [4.69, 9.17) is 28.4 Å². The van der Waals surface area contributed by atoms with E-state index in [1.807, 2.05) is 19.9 Å². The molecule has 9 rings (SSSR count). The minimum Gasteiger partial charge on any atom is -0.458 e. The standard InChI is InChI=1S/C49H73NO16/c1-43(22-52)17-30-45(3,19-34(43)63-40(60)24-10-8-9-11-25(24)50-7)31(55)18-48(6)47(5)15-12-28-44(2,29(47)16-33-49(30,48)66-33)14-13-32(46(28,4)23-53)64-42-39(35(56)26(54)21-61-42)65-41-38(59)37(58)36(57)27(20-51)62-41/h8-11,22,26-39,41-42,50-51,53-59H,12-21,23H2,1-7H3. The van der Waals surface area contributed by atoms with E-state index >= 15 is 0 Å². The van der Waals surface area contributed by atoms with Gasteiger partial charge in [0.25, 0.3) is 0 Å². The summed E-state index contributed by atoms with van der Waals surface area (Å²) in [6.45, 7) is 11.7. The molecule has 1 aromatic rings. The molecule has 66 heavy (non-hydrogen) atoms. The number of carbonyl (C=O) groups is 2. The smallest absolute Gasteiger partial charge is 0.340 e. The third-order valence-corrected chi connectivity index (χ3v) is 19.9. The second-order valence-corrected chi connectivity index (χ2v) is 22.9. The molecule has 23 atom stereocenters. The zero-order valence-corrected chi connectivity index (χ0v) is 39.2. The fraction of sp³-hybridized carbons (Fsp3) is 0.837. The van der Waals surface area contributed by atoms with Gasteiger partial charge in [0.05, 0.1) is 49.1 Å². The van der Waals surface area contributed by atoms with E-state index in [9.17, 15) is 50.4 Å². The third-order valence-electron chi connectivity index (χ3n) is 19.9. The van der Waals surface area contributed by atoms with E-state index in [-0.39, 0.29) is 47.9 Å². The van der Waals surface area contributed by atoms with Crippen molar-refractivity contribution in [3.63, 3.8) is 0 Å². The Morgan fingerprint density at radius 3 is 2.23 bits per heavy atom. The van der Waals surface area contributed by atoms with Crippen LogP contribution >= 0.6 is 0 Å². The molecule has 0 bridgehead atoms. The molecule has 3 heterocycles. The summed E-state index contributed by atoms with van der Waals surface area (Å²) in [6, 6.07) is 7.10. The Balaban J connectivity index is 0.964. The average Bonchev–Trinajstić information content (AvgIpc) is 4.04. The number of rotatable bonds is 10. The summed E-state index contributed by atoms with van der Waals surface area (Å²) in [5.74, 6) is -0.659. The summed E-state index contributed by atoms with van der Waals surface area (Å²) >= 11 is 0. The Kier molecular flexibility index (Phi) is 12.3. The summed E-state index contributed by atoms with van der Waals surface area (Å²) < 4.78 is 37.7. The van der Waals surface area contributed by atoms with Crippen LogP contribution in [0.25, 0.3) is 0 Å². The molecule has 9 N–H and O–H groups in total. The highest BCUT2D eigenvalue weighted by atomic mass is 16.8. The van der Waals surface area contributed by atoms with Crippen molar-refractivity contribution < 1.29 is 78.9 Å². The van der Waals surface area contributed by atoms with E-state index in [1.54, 1.807) is 25.2 Å². The quantitative estimate of drug-likeness (QED) is 0.0699. The van der Waals surface area contributed by atoms with Crippen LogP contribution in [0, 0.1) is 50.2 Å². The van der Waals surface area contributed by atoms with Crippen LogP contribution in [0.3, 0.4) is 0 Å². The predicted octanol–water partition coefficient (Wildman–Crippen LogP) is 1.67. The predicted molar refractivity (Wildman–Crippen MR) is 233 cm³/mol. The molecule has 23 unspecified atom stereocenters. The molecule has 370 valence electrons. The maximum atomic E-state index is 13.7. The number of fused-ring (bicyclic) bond motifs is 5. The maximum Gasteiger partial charge on any atom is 0.340 e. The van der Waals surface area contributed by atoms with Gasteiger partial charge in [-0.15, -0.1) is 0 Å². The molecule has 0 aromatic heterocycles. The molecule has 17 heteroatoms. The van der Waals surface area contributed by atoms with E-state index in [0.717, 1.165) is 25.5 Å². The van der Waals surface area contributed by atoms with E-state index in [0.29, 0.717) is 43.4 Å². The number of aliphatic hydroxyl groups excluding tert-OH is 8. The minimum absolute atomic E-state index is 0.0547. The lowest BCUT2D eigenvalue weighted by Crippen LogP contribution is -2.74. The number of epoxide rings is 1. The molecule has 3 aliphatic heterocycles. The van der Waals surface area contributed by atoms with Crippen LogP contribution in [0.5, 0.6) is 0 Å². The number of ether oxygens (including phenoxy) is 6. The first-order valence-electron chi connectivity index (χ1n) is 24.1. The Hall–Kier alpha value is -2.36. The number of aliphatic hydroxyl groups is 8. The van der Waals surface area contributed by atoms with Gasteiger partial charge in [-0.05, 0) is 93.1 Å². The van der Waals surface area contributed by atoms with Crippen LogP contribution in [0.2, 0.25) is 0 Å². The van der Waals surface area contributed by atoms with Crippen LogP contribution in [0.1, 0.15) is 103 Å². The highest BCUT2D eigenvalue weighted by molar-refractivity contribution is 5.95. The number of nitrogens with one attached hydrogen (secondary N) is 1. The summed E-state index contributed by atoms with van der Waals surface area (Å²) in [6.07, 6.45) is -10.4. The van der Waals surface area contributed by atoms with Gasteiger partial charge >= 0.3 is 5.97 Å². The van der Waals surface area contributed by atoms with Crippen molar-refractivity contribution in [2.75, 3.05) is 32.2 Å². The molecule has 17 nitrogen and oxygen atoms in total. The number of para-hydroxylation sites is 1. The first-order valence-corrected chi connectivity index (χ1v) is 24.1. The monoisotopic (exact) mass is 931 g/mol. The molecule has 8 aliphatic rings. The molecular weight excluding hydrogens is 859 g/mol. The second-order valence-electron chi connectivity index (χ2n) is 22.9. The van der Waals surface area contributed by atoms with E-state index in [1.165, 1.54) is 0 Å². The highest BCUT2D eigenvalue weighted by Crippen LogP contribution is 2.83. The van der Waals surface area contributed by atoms with Gasteiger partial charge in [-0.25, -0.2) is 4.79 Å². The Labute approximate surface area is 386 Å². The normalized spacial score (nSPS) is 54.0. The first-order chi connectivity index (χ1) is 31.1. The molecular formula is C49H73NO16. The third kappa shape index (κ3) is 6.72. The van der Waals surface area contributed by atoms with Gasteiger partial charge in [0.15, 0.2) is 12.6 Å². The van der Waals surface area contributed by atoms with Gasteiger partial charge in [-0.3, -0.25) is 0 Å². The largest absolute Gasteiger partial charge is 0.458 e. The number of aldehydes is 1. The molecule has 1 aromatic carbocycles. The van der Waals surface area contributed by atoms with E-state index < -0.39 is 113 Å². The lowest BCUT2D eigenvalue weighted by molar-refractivity contribution is -0.368. The van der Waals surface area contributed by atoms with Gasteiger partial charge in [0.1, 0.15) is 60.7 Å². The van der Waals surface area contributed by atoms with Gasteiger partial charge in [0.2, 0.25) is 0 Å². The topological polar surface area (TPSA) is 267 Å². The molecule has 1 spiro atoms. The average molecular weight is 932 g/mol. The Morgan fingerprint density at radius 2 is 1.55 bits per heavy atom. The number of esters is 1. The lowest BCUT2D eigenvalue weighted by Gasteiger charge is -2.73. The van der Waals surface area contributed by atoms with Crippen molar-refractivity contribution >= 4 is 17.9 Å². The molecule has 0 amide bonds. The highest BCUT2D eigenvalue weighted by Gasteiger charge is 2.86. The SMILES string of the molecule is CNc1ccccc1C(=O)OC1CC2(C)C(O)CC3(C)C4(C)CCC5C(C)(CO)C(OC6OCC(O)C(O)C6OC6OC(CO)C(O)C(O)C6O)CCC5(C)C4CC4OC43C2CC1(C)C=O. The van der Waals surface area contributed by atoms with Crippen LogP contribution in [-0.2, 0) is 33.2 Å². The van der Waals surface area contributed by atoms with Crippen molar-refractivity contribution in [3.8, 4) is 0 Å². The maximum absolute atomic E-state index is 13.7. The number of hydrogen-bond donors (Lipinski definition) is 9. The number of carbonyl (C=O) groups excluding carboxylic acids is 2. The Morgan fingerprint density at radius 1 is 0.818 bits per heavy atom. The number of anilines is 1. The molecule has 8 fully saturated rings. The Bertz CT molecular complexity index is 2010. The summed E-state index contributed by atoms with van der Waals surface area (Å²) in [5.41, 5.74) is -3.34. The van der Waals surface area contributed by atoms with Gasteiger partial charge in [-0.2, -0.15) is 0 Å². The molecule has 3 saturated heterocycles. The van der Waals surface area contributed by atoms with Crippen LogP contribution < -0.4 is 5.32 Å². The minimum atomic E-state index is -1.77. The molecule has 5 aliphatic carbocycles. The van der Waals surface area contributed by atoms with E-state index in [2.05, 4.69) is 33.0 Å². The lowest BCUT2D eigenvalue weighted by atomic mass is 9.31. The summed E-state index contributed by atoms with van der Waals surface area (Å²) in [7, 11) is 1.74. The van der Waals surface area contributed by atoms with Crippen LogP contribution in [0.4, 0.5) is 5.69 Å². The fourth-order valence-corrected chi connectivity index (χ4v) is 15.7. The fourth-order valence-electron chi connectivity index (χ4n) is 15.7. The summed E-state index contributed by atoms with van der Waals surface area (Å²) in [5, 5.41) is 90.3. The number of benzene rings is 1. The molecule has 0 radical (unpaired) electrons. The van der Waals surface area contributed by atoms with Gasteiger partial charge in [-0.1, -0.05) is 46.8 Å². The zero-order chi connectivity index (χ0) is 47.7.